The van der Waals surface area contributed by atoms with Gasteiger partial charge in [-0.15, -0.1) is 11.3 Å². The van der Waals surface area contributed by atoms with Gasteiger partial charge in [0, 0.05) is 36.3 Å². The van der Waals surface area contributed by atoms with E-state index in [4.69, 9.17) is 10.7 Å². The first-order chi connectivity index (χ1) is 12.7. The predicted molar refractivity (Wildman–Crippen MR) is 102 cm³/mol. The molecule has 1 aliphatic heterocycles. The zero-order valence-electron chi connectivity index (χ0n) is 14.3. The van der Waals surface area contributed by atoms with Crippen molar-refractivity contribution in [1.29, 1.82) is 0 Å². The fraction of sp³-hybridized carbons (Fsp3) is 0.263. The maximum absolute atomic E-state index is 13.9. The van der Waals surface area contributed by atoms with Crippen molar-refractivity contribution >= 4 is 17.0 Å². The third-order valence-corrected chi connectivity index (χ3v) is 5.62. The zero-order valence-corrected chi connectivity index (χ0v) is 15.1. The maximum Gasteiger partial charge on any atom is 0.148 e. The Hall–Kier alpha value is -2.51. The van der Waals surface area contributed by atoms with E-state index in [0.29, 0.717) is 18.3 Å². The first kappa shape index (κ1) is 16.9. The molecule has 0 saturated carbocycles. The Labute approximate surface area is 155 Å². The van der Waals surface area contributed by atoms with E-state index >= 15 is 0 Å². The Kier molecular flexibility index (Phi) is 4.57. The molecule has 5 nitrogen and oxygen atoms in total. The van der Waals surface area contributed by atoms with Gasteiger partial charge in [-0.1, -0.05) is 18.7 Å². The predicted octanol–water partition coefficient (Wildman–Crippen LogP) is 3.53. The van der Waals surface area contributed by atoms with E-state index in [2.05, 4.69) is 16.6 Å². The minimum Gasteiger partial charge on any atom is -0.366 e. The van der Waals surface area contributed by atoms with E-state index in [0.717, 1.165) is 41.3 Å². The molecule has 1 aliphatic rings. The Morgan fingerprint density at radius 1 is 1.38 bits per heavy atom. The van der Waals surface area contributed by atoms with Crippen LogP contribution in [0.1, 0.15) is 18.5 Å². The highest BCUT2D eigenvalue weighted by molar-refractivity contribution is 7.13. The van der Waals surface area contributed by atoms with Crippen LogP contribution in [0.2, 0.25) is 0 Å². The number of likely N-dealkylation sites (tertiary alicyclic amines) is 1. The smallest absolute Gasteiger partial charge is 0.148 e. The zero-order chi connectivity index (χ0) is 18.1. The molecule has 2 aromatic heterocycles. The average molecular weight is 369 g/mol. The van der Waals surface area contributed by atoms with Gasteiger partial charge in [-0.2, -0.15) is 5.10 Å². The van der Waals surface area contributed by atoms with Crippen molar-refractivity contribution in [3.8, 4) is 16.3 Å². The molecule has 1 fully saturated rings. The molecule has 0 aliphatic carbocycles. The Balaban J connectivity index is 1.57. The third kappa shape index (κ3) is 3.04. The minimum atomic E-state index is -0.308. The fourth-order valence-corrected chi connectivity index (χ4v) is 4.13. The molecule has 0 bridgehead atoms. The summed E-state index contributed by atoms with van der Waals surface area (Å²) in [6.45, 7) is 5.82. The minimum absolute atomic E-state index is 0.308. The van der Waals surface area contributed by atoms with Crippen LogP contribution in [0.5, 0.6) is 0 Å². The number of halogens is 1. The number of rotatable bonds is 5. The molecular formula is C19H20FN5S. The third-order valence-electron chi connectivity index (χ3n) is 4.72. The number of aromatic nitrogens is 3. The number of nitrogens with zero attached hydrogens (tertiary/aromatic N) is 4. The SMILES string of the molecule is C=C(c1csc(-c2cnn(-c3ccccc3F)c2)n1)N1CCCC1CN. The van der Waals surface area contributed by atoms with Crippen molar-refractivity contribution < 1.29 is 4.39 Å². The van der Waals surface area contributed by atoms with Crippen LogP contribution in [-0.4, -0.2) is 38.8 Å². The molecule has 1 unspecified atom stereocenters. The molecule has 0 radical (unpaired) electrons. The molecule has 134 valence electrons. The molecule has 0 spiro atoms. The van der Waals surface area contributed by atoms with E-state index in [-0.39, 0.29) is 5.82 Å². The Bertz CT molecular complexity index is 931. The largest absolute Gasteiger partial charge is 0.366 e. The summed E-state index contributed by atoms with van der Waals surface area (Å²) in [7, 11) is 0. The summed E-state index contributed by atoms with van der Waals surface area (Å²) >= 11 is 1.53. The van der Waals surface area contributed by atoms with Crippen molar-refractivity contribution in [2.75, 3.05) is 13.1 Å². The summed E-state index contributed by atoms with van der Waals surface area (Å²) in [5, 5.41) is 7.12. The van der Waals surface area contributed by atoms with Gasteiger partial charge in [-0.25, -0.2) is 14.1 Å². The van der Waals surface area contributed by atoms with Crippen LogP contribution >= 0.6 is 11.3 Å². The van der Waals surface area contributed by atoms with Gasteiger partial charge >= 0.3 is 0 Å². The number of benzene rings is 1. The molecular weight excluding hydrogens is 349 g/mol. The van der Waals surface area contributed by atoms with Gasteiger partial charge in [-0.3, -0.25) is 0 Å². The van der Waals surface area contributed by atoms with Crippen molar-refractivity contribution in [2.24, 2.45) is 5.73 Å². The van der Waals surface area contributed by atoms with Crippen LogP contribution in [0.25, 0.3) is 22.0 Å². The monoisotopic (exact) mass is 369 g/mol. The van der Waals surface area contributed by atoms with Crippen LogP contribution < -0.4 is 5.73 Å². The molecule has 7 heteroatoms. The van der Waals surface area contributed by atoms with E-state index in [1.54, 1.807) is 30.6 Å². The molecule has 0 amide bonds. The number of hydrogen-bond acceptors (Lipinski definition) is 5. The first-order valence-electron chi connectivity index (χ1n) is 8.59. The molecule has 1 atom stereocenters. The summed E-state index contributed by atoms with van der Waals surface area (Å²) in [5.74, 6) is -0.308. The summed E-state index contributed by atoms with van der Waals surface area (Å²) in [6.07, 6.45) is 5.73. The second kappa shape index (κ2) is 7.01. The average Bonchev–Trinajstić information content (AvgIpc) is 3.40. The second-order valence-electron chi connectivity index (χ2n) is 6.33. The van der Waals surface area contributed by atoms with Gasteiger partial charge in [0.1, 0.15) is 16.5 Å². The lowest BCUT2D eigenvalue weighted by atomic mass is 10.2. The van der Waals surface area contributed by atoms with Gasteiger partial charge in [0.15, 0.2) is 0 Å². The van der Waals surface area contributed by atoms with Crippen LogP contribution in [0.3, 0.4) is 0 Å². The van der Waals surface area contributed by atoms with Crippen LogP contribution in [0.15, 0.2) is 48.6 Å². The lowest BCUT2D eigenvalue weighted by Crippen LogP contribution is -2.33. The second-order valence-corrected chi connectivity index (χ2v) is 7.19. The van der Waals surface area contributed by atoms with Gasteiger partial charge in [0.05, 0.1) is 17.6 Å². The topological polar surface area (TPSA) is 60.0 Å². The fourth-order valence-electron chi connectivity index (χ4n) is 3.32. The van der Waals surface area contributed by atoms with Crippen molar-refractivity contribution in [1.82, 2.24) is 19.7 Å². The number of hydrogen-bond donors (Lipinski definition) is 1. The Morgan fingerprint density at radius 3 is 3.04 bits per heavy atom. The van der Waals surface area contributed by atoms with Gasteiger partial charge < -0.3 is 10.6 Å². The van der Waals surface area contributed by atoms with Crippen molar-refractivity contribution in [2.45, 2.75) is 18.9 Å². The highest BCUT2D eigenvalue weighted by atomic mass is 32.1. The van der Waals surface area contributed by atoms with E-state index < -0.39 is 0 Å². The van der Waals surface area contributed by atoms with Gasteiger partial charge in [0.25, 0.3) is 0 Å². The van der Waals surface area contributed by atoms with Gasteiger partial charge in [0.2, 0.25) is 0 Å². The molecule has 3 heterocycles. The normalized spacial score (nSPS) is 17.0. The molecule has 1 saturated heterocycles. The highest BCUT2D eigenvalue weighted by Crippen LogP contribution is 2.31. The Morgan fingerprint density at radius 2 is 2.23 bits per heavy atom. The van der Waals surface area contributed by atoms with Crippen molar-refractivity contribution in [3.05, 3.63) is 60.1 Å². The summed E-state index contributed by atoms with van der Waals surface area (Å²) in [4.78, 5) is 6.96. The molecule has 1 aromatic carbocycles. The standard InChI is InChI=1S/C19H20FN5S/c1-13(24-8-4-5-15(24)9-21)17-12-26-19(23-17)14-10-22-25(11-14)18-7-3-2-6-16(18)20/h2-3,6-7,10-12,15H,1,4-5,8-9,21H2. The number of para-hydroxylation sites is 1. The summed E-state index contributed by atoms with van der Waals surface area (Å²) in [6, 6.07) is 6.91. The lowest BCUT2D eigenvalue weighted by Gasteiger charge is -2.26. The highest BCUT2D eigenvalue weighted by Gasteiger charge is 2.26. The van der Waals surface area contributed by atoms with Crippen LogP contribution in [0.4, 0.5) is 4.39 Å². The van der Waals surface area contributed by atoms with E-state index in [1.165, 1.54) is 22.1 Å². The van der Waals surface area contributed by atoms with E-state index in [1.807, 2.05) is 5.38 Å². The van der Waals surface area contributed by atoms with Crippen LogP contribution in [-0.2, 0) is 0 Å². The maximum atomic E-state index is 13.9. The number of thiazole rings is 1. The first-order valence-corrected chi connectivity index (χ1v) is 9.47. The van der Waals surface area contributed by atoms with Crippen molar-refractivity contribution in [3.63, 3.8) is 0 Å². The molecule has 26 heavy (non-hydrogen) atoms. The quantitative estimate of drug-likeness (QED) is 0.747. The summed E-state index contributed by atoms with van der Waals surface area (Å²) < 4.78 is 15.5. The number of nitrogens with two attached hydrogens (primary N) is 1. The van der Waals surface area contributed by atoms with Crippen LogP contribution in [0, 0.1) is 5.82 Å². The molecule has 4 rings (SSSR count). The lowest BCUT2D eigenvalue weighted by molar-refractivity contribution is 0.375. The molecule has 3 aromatic rings. The molecule has 2 N–H and O–H groups in total. The van der Waals surface area contributed by atoms with E-state index in [9.17, 15) is 4.39 Å². The van der Waals surface area contributed by atoms with Gasteiger partial charge in [-0.05, 0) is 25.0 Å². The summed E-state index contributed by atoms with van der Waals surface area (Å²) in [5.41, 5.74) is 8.92.